The van der Waals surface area contributed by atoms with Gasteiger partial charge >= 0.3 is 0 Å². The number of hydrogen-bond acceptors (Lipinski definition) is 4. The zero-order valence-electron chi connectivity index (χ0n) is 18.8. The molecule has 4 saturated carbocycles. The van der Waals surface area contributed by atoms with E-state index in [9.17, 15) is 9.59 Å². The molecule has 0 heterocycles. The fraction of sp³-hybridized carbons (Fsp3) is 0.667. The molecule has 1 aromatic rings. The van der Waals surface area contributed by atoms with Gasteiger partial charge in [0.1, 0.15) is 5.54 Å². The number of carbonyl (C=O) groups is 2. The van der Waals surface area contributed by atoms with E-state index in [0.717, 1.165) is 41.5 Å². The van der Waals surface area contributed by atoms with E-state index in [1.54, 1.807) is 0 Å². The Morgan fingerprint density at radius 3 is 2.39 bits per heavy atom. The lowest BCUT2D eigenvalue weighted by Crippen LogP contribution is -2.65. The highest BCUT2D eigenvalue weighted by molar-refractivity contribution is 9.10. The van der Waals surface area contributed by atoms with Crippen LogP contribution in [0.3, 0.4) is 0 Å². The van der Waals surface area contributed by atoms with Gasteiger partial charge in [-0.2, -0.15) is 0 Å². The van der Waals surface area contributed by atoms with Crippen molar-refractivity contribution in [1.29, 1.82) is 0 Å². The molecule has 0 aliphatic heterocycles. The molecular weight excluding hydrogens is 474 g/mol. The standard InChI is InChI=1S/C24H34BrN3O2S/c1-14(2)26-22(30)24-11-15-9-16(12-24)20(17(10-15)13-24)27-21(29)23(3,4)28-31-19-8-6-5-7-18(19)25/h5-8,14-17,20,28H,9-13H2,1-4H3,(H,26,30)(H,27,29). The van der Waals surface area contributed by atoms with Gasteiger partial charge in [-0.25, -0.2) is 4.72 Å². The topological polar surface area (TPSA) is 70.2 Å². The van der Waals surface area contributed by atoms with Crippen molar-refractivity contribution in [1.82, 2.24) is 15.4 Å². The van der Waals surface area contributed by atoms with Crippen LogP contribution < -0.4 is 15.4 Å². The Kier molecular flexibility index (Phi) is 6.50. The zero-order valence-corrected chi connectivity index (χ0v) is 21.2. The Balaban J connectivity index is 1.40. The maximum atomic E-state index is 13.2. The Morgan fingerprint density at radius 2 is 1.77 bits per heavy atom. The maximum Gasteiger partial charge on any atom is 0.240 e. The molecule has 4 fully saturated rings. The van der Waals surface area contributed by atoms with Gasteiger partial charge in [-0.1, -0.05) is 12.1 Å². The van der Waals surface area contributed by atoms with Crippen LogP contribution in [-0.4, -0.2) is 29.4 Å². The van der Waals surface area contributed by atoms with Gasteiger partial charge in [-0.3, -0.25) is 9.59 Å². The van der Waals surface area contributed by atoms with E-state index >= 15 is 0 Å². The molecule has 2 atom stereocenters. The Labute approximate surface area is 198 Å². The summed E-state index contributed by atoms with van der Waals surface area (Å²) in [5, 5.41) is 6.57. The predicted molar refractivity (Wildman–Crippen MR) is 128 cm³/mol. The monoisotopic (exact) mass is 507 g/mol. The highest BCUT2D eigenvalue weighted by Gasteiger charge is 2.58. The molecule has 2 amide bonds. The Bertz CT molecular complexity index is 843. The molecule has 5 rings (SSSR count). The number of hydrogen-bond donors (Lipinski definition) is 3. The largest absolute Gasteiger partial charge is 0.353 e. The van der Waals surface area contributed by atoms with Crippen LogP contribution >= 0.6 is 27.9 Å². The first-order valence-corrected chi connectivity index (χ1v) is 13.0. The summed E-state index contributed by atoms with van der Waals surface area (Å²) >= 11 is 5.03. The summed E-state index contributed by atoms with van der Waals surface area (Å²) in [6.45, 7) is 7.92. The van der Waals surface area contributed by atoms with Crippen molar-refractivity contribution in [2.24, 2.45) is 23.2 Å². The quantitative estimate of drug-likeness (QED) is 0.469. The van der Waals surface area contributed by atoms with Crippen molar-refractivity contribution < 1.29 is 9.59 Å². The number of halogens is 1. The normalized spacial score (nSPS) is 31.7. The average molecular weight is 509 g/mol. The van der Waals surface area contributed by atoms with Crippen molar-refractivity contribution >= 4 is 39.7 Å². The number of rotatable bonds is 7. The van der Waals surface area contributed by atoms with Gasteiger partial charge < -0.3 is 10.6 Å². The van der Waals surface area contributed by atoms with E-state index in [2.05, 4.69) is 31.3 Å². The molecule has 5 nitrogen and oxygen atoms in total. The Hall–Kier alpha value is -1.05. The lowest BCUT2D eigenvalue weighted by Gasteiger charge is -2.59. The molecule has 1 aromatic carbocycles. The van der Waals surface area contributed by atoms with Gasteiger partial charge in [0.05, 0.1) is 5.41 Å². The summed E-state index contributed by atoms with van der Waals surface area (Å²) in [4.78, 5) is 27.3. The van der Waals surface area contributed by atoms with Crippen molar-refractivity contribution in [3.63, 3.8) is 0 Å². The van der Waals surface area contributed by atoms with Gasteiger partial charge in [0.25, 0.3) is 0 Å². The molecule has 0 saturated heterocycles. The van der Waals surface area contributed by atoms with E-state index in [-0.39, 0.29) is 29.3 Å². The molecule has 2 unspecified atom stereocenters. The average Bonchev–Trinajstić information content (AvgIpc) is 2.69. The van der Waals surface area contributed by atoms with Crippen LogP contribution in [0.2, 0.25) is 0 Å². The third kappa shape index (κ3) is 4.69. The minimum atomic E-state index is -0.707. The molecule has 31 heavy (non-hydrogen) atoms. The summed E-state index contributed by atoms with van der Waals surface area (Å²) in [5.41, 5.74) is -0.924. The van der Waals surface area contributed by atoms with Crippen LogP contribution in [0.25, 0.3) is 0 Å². The first-order chi connectivity index (χ1) is 14.6. The second-order valence-electron chi connectivity index (χ2n) is 10.6. The van der Waals surface area contributed by atoms with Gasteiger partial charge in [0.2, 0.25) is 11.8 Å². The number of carbonyl (C=O) groups excluding carboxylic acids is 2. The van der Waals surface area contributed by atoms with Crippen LogP contribution in [0.4, 0.5) is 0 Å². The Morgan fingerprint density at radius 1 is 1.13 bits per heavy atom. The summed E-state index contributed by atoms with van der Waals surface area (Å²) in [5.74, 6) is 1.70. The van der Waals surface area contributed by atoms with E-state index in [1.807, 2.05) is 52.0 Å². The van der Waals surface area contributed by atoms with Crippen molar-refractivity contribution in [3.05, 3.63) is 28.7 Å². The third-order valence-corrected chi connectivity index (χ3v) is 9.44. The molecule has 4 bridgehead atoms. The minimum absolute atomic E-state index is 0.0326. The van der Waals surface area contributed by atoms with Crippen LogP contribution in [0.15, 0.2) is 33.6 Å². The van der Waals surface area contributed by atoms with E-state index in [4.69, 9.17) is 0 Å². The van der Waals surface area contributed by atoms with Crippen LogP contribution in [0, 0.1) is 23.2 Å². The first kappa shape index (κ1) is 23.1. The van der Waals surface area contributed by atoms with Crippen molar-refractivity contribution in [3.8, 4) is 0 Å². The van der Waals surface area contributed by atoms with E-state index in [0.29, 0.717) is 17.8 Å². The first-order valence-electron chi connectivity index (χ1n) is 11.4. The molecular formula is C24H34BrN3O2S. The smallest absolute Gasteiger partial charge is 0.240 e. The summed E-state index contributed by atoms with van der Waals surface area (Å²) < 4.78 is 4.36. The number of benzene rings is 1. The van der Waals surface area contributed by atoms with Crippen LogP contribution in [-0.2, 0) is 9.59 Å². The fourth-order valence-electron chi connectivity index (χ4n) is 6.04. The summed E-state index contributed by atoms with van der Waals surface area (Å²) in [6, 6.07) is 8.34. The predicted octanol–water partition coefficient (Wildman–Crippen LogP) is 4.66. The van der Waals surface area contributed by atoms with Gasteiger partial charge in [-0.05, 0) is 118 Å². The summed E-state index contributed by atoms with van der Waals surface area (Å²) in [7, 11) is 0. The van der Waals surface area contributed by atoms with Gasteiger partial charge in [0, 0.05) is 21.5 Å². The van der Waals surface area contributed by atoms with Gasteiger partial charge in [0.15, 0.2) is 0 Å². The van der Waals surface area contributed by atoms with Crippen molar-refractivity contribution in [2.75, 3.05) is 0 Å². The molecule has 7 heteroatoms. The fourth-order valence-corrected chi connectivity index (χ4v) is 7.34. The SMILES string of the molecule is CC(C)NC(=O)C12CC3CC(C1)C(NC(=O)C(C)(C)NSc1ccccc1Br)C(C3)C2. The highest BCUT2D eigenvalue weighted by atomic mass is 79.9. The lowest BCUT2D eigenvalue weighted by molar-refractivity contribution is -0.151. The second kappa shape index (κ2) is 8.71. The lowest BCUT2D eigenvalue weighted by atomic mass is 9.47. The highest BCUT2D eigenvalue weighted by Crippen LogP contribution is 2.60. The van der Waals surface area contributed by atoms with Gasteiger partial charge in [-0.15, -0.1) is 0 Å². The number of nitrogens with one attached hydrogen (secondary N) is 3. The molecule has 0 aromatic heterocycles. The minimum Gasteiger partial charge on any atom is -0.353 e. The number of amides is 2. The zero-order chi connectivity index (χ0) is 22.4. The maximum absolute atomic E-state index is 13.2. The van der Waals surface area contributed by atoms with E-state index < -0.39 is 5.54 Å². The van der Waals surface area contributed by atoms with Crippen LogP contribution in [0.1, 0.15) is 59.8 Å². The van der Waals surface area contributed by atoms with E-state index in [1.165, 1.54) is 11.9 Å². The molecule has 4 aliphatic rings. The van der Waals surface area contributed by atoms with Crippen molar-refractivity contribution in [2.45, 2.75) is 82.3 Å². The third-order valence-electron chi connectivity index (χ3n) is 7.29. The second-order valence-corrected chi connectivity index (χ2v) is 12.3. The summed E-state index contributed by atoms with van der Waals surface area (Å²) in [6.07, 6.45) is 5.11. The molecule has 170 valence electrons. The molecule has 0 spiro atoms. The molecule has 0 radical (unpaired) electrons. The molecule has 4 aliphatic carbocycles. The van der Waals surface area contributed by atoms with Crippen LogP contribution in [0.5, 0.6) is 0 Å². The molecule has 3 N–H and O–H groups in total.